The lowest BCUT2D eigenvalue weighted by molar-refractivity contribution is 0.101. The van der Waals surface area contributed by atoms with E-state index in [1.165, 1.54) is 0 Å². The summed E-state index contributed by atoms with van der Waals surface area (Å²) in [6.07, 6.45) is 0. The zero-order valence-electron chi connectivity index (χ0n) is 16.2. The maximum absolute atomic E-state index is 12.8. The first-order valence-corrected chi connectivity index (χ1v) is 9.93. The SMILES string of the molecule is CCN(CC)CCn1c(NC(=O)c2nn(C)c(C)c2Br)nc2ccccc21. The van der Waals surface area contributed by atoms with Crippen molar-refractivity contribution in [3.05, 3.63) is 40.1 Å². The lowest BCUT2D eigenvalue weighted by Crippen LogP contribution is -2.27. The number of aryl methyl sites for hydroxylation is 1. The van der Waals surface area contributed by atoms with Crippen LogP contribution in [0.4, 0.5) is 5.95 Å². The van der Waals surface area contributed by atoms with Crippen LogP contribution in [0.2, 0.25) is 0 Å². The molecule has 0 bridgehead atoms. The maximum Gasteiger partial charge on any atom is 0.279 e. The standard InChI is InChI=1S/C19H25BrN6O/c1-5-25(6-2)11-12-26-15-10-8-7-9-14(15)21-19(26)22-18(27)17-16(20)13(3)24(4)23-17/h7-10H,5-6,11-12H2,1-4H3,(H,21,22,27). The Labute approximate surface area is 167 Å². The number of fused-ring (bicyclic) bond motifs is 1. The van der Waals surface area contributed by atoms with Gasteiger partial charge in [-0.05, 0) is 48.1 Å². The molecule has 0 unspecified atom stereocenters. The first kappa shape index (κ1) is 19.6. The molecule has 0 aliphatic rings. The predicted molar refractivity (Wildman–Crippen MR) is 111 cm³/mol. The smallest absolute Gasteiger partial charge is 0.279 e. The fraction of sp³-hybridized carbons (Fsp3) is 0.421. The van der Waals surface area contributed by atoms with Gasteiger partial charge in [0.15, 0.2) is 5.69 Å². The minimum absolute atomic E-state index is 0.273. The summed E-state index contributed by atoms with van der Waals surface area (Å²) in [6, 6.07) is 7.93. The fourth-order valence-electron chi connectivity index (χ4n) is 3.07. The van der Waals surface area contributed by atoms with E-state index in [9.17, 15) is 4.79 Å². The van der Waals surface area contributed by atoms with Crippen LogP contribution in [0.5, 0.6) is 0 Å². The van der Waals surface area contributed by atoms with Gasteiger partial charge in [0.2, 0.25) is 5.95 Å². The van der Waals surface area contributed by atoms with Crippen LogP contribution in [0.25, 0.3) is 11.0 Å². The first-order valence-electron chi connectivity index (χ1n) is 9.14. The highest BCUT2D eigenvalue weighted by molar-refractivity contribution is 9.10. The van der Waals surface area contributed by atoms with E-state index in [0.29, 0.717) is 16.1 Å². The van der Waals surface area contributed by atoms with Gasteiger partial charge in [-0.2, -0.15) is 5.10 Å². The molecule has 0 spiro atoms. The molecule has 2 aromatic heterocycles. The minimum Gasteiger partial charge on any atom is -0.309 e. The minimum atomic E-state index is -0.273. The molecular weight excluding hydrogens is 408 g/mol. The second-order valence-electron chi connectivity index (χ2n) is 6.43. The number of halogens is 1. The molecule has 0 aliphatic heterocycles. The molecule has 3 rings (SSSR count). The van der Waals surface area contributed by atoms with Gasteiger partial charge in [-0.25, -0.2) is 4.98 Å². The van der Waals surface area contributed by atoms with Crippen LogP contribution in [-0.2, 0) is 13.6 Å². The molecule has 0 aliphatic carbocycles. The summed E-state index contributed by atoms with van der Waals surface area (Å²) in [5.41, 5.74) is 3.13. The summed E-state index contributed by atoms with van der Waals surface area (Å²) in [7, 11) is 1.82. The molecule has 144 valence electrons. The highest BCUT2D eigenvalue weighted by atomic mass is 79.9. The number of rotatable bonds is 7. The maximum atomic E-state index is 12.8. The summed E-state index contributed by atoms with van der Waals surface area (Å²) >= 11 is 3.46. The number of imidazole rings is 1. The number of amides is 1. The molecule has 1 amide bonds. The van der Waals surface area contributed by atoms with Gasteiger partial charge in [-0.1, -0.05) is 26.0 Å². The van der Waals surface area contributed by atoms with Gasteiger partial charge in [-0.3, -0.25) is 14.8 Å². The number of para-hydroxylation sites is 2. The van der Waals surface area contributed by atoms with Crippen molar-refractivity contribution in [2.45, 2.75) is 27.3 Å². The van der Waals surface area contributed by atoms with Crippen molar-refractivity contribution >= 4 is 38.8 Å². The quantitative estimate of drug-likeness (QED) is 0.620. The van der Waals surface area contributed by atoms with Gasteiger partial charge in [0.1, 0.15) is 0 Å². The van der Waals surface area contributed by atoms with Crippen LogP contribution in [0.15, 0.2) is 28.7 Å². The monoisotopic (exact) mass is 432 g/mol. The molecule has 0 saturated carbocycles. The summed E-state index contributed by atoms with van der Waals surface area (Å²) in [5, 5.41) is 7.25. The number of nitrogens with one attached hydrogen (secondary N) is 1. The molecule has 1 N–H and O–H groups in total. The number of benzene rings is 1. The Balaban J connectivity index is 1.92. The Kier molecular flexibility index (Phi) is 5.96. The van der Waals surface area contributed by atoms with Crippen molar-refractivity contribution < 1.29 is 4.79 Å². The topological polar surface area (TPSA) is 68.0 Å². The summed E-state index contributed by atoms with van der Waals surface area (Å²) in [4.78, 5) is 19.8. The van der Waals surface area contributed by atoms with Gasteiger partial charge >= 0.3 is 0 Å². The van der Waals surface area contributed by atoms with E-state index in [1.807, 2.05) is 38.2 Å². The number of nitrogens with zero attached hydrogens (tertiary/aromatic N) is 5. The van der Waals surface area contributed by atoms with Crippen molar-refractivity contribution in [2.75, 3.05) is 25.0 Å². The number of carbonyl (C=O) groups excluding carboxylic acids is 1. The lowest BCUT2D eigenvalue weighted by atomic mass is 10.3. The van der Waals surface area contributed by atoms with Gasteiger partial charge in [-0.15, -0.1) is 0 Å². The van der Waals surface area contributed by atoms with E-state index in [-0.39, 0.29) is 5.91 Å². The van der Waals surface area contributed by atoms with E-state index in [0.717, 1.165) is 42.9 Å². The molecule has 8 heteroatoms. The van der Waals surface area contributed by atoms with Gasteiger partial charge in [0.05, 0.1) is 21.2 Å². The second-order valence-corrected chi connectivity index (χ2v) is 7.22. The van der Waals surface area contributed by atoms with Crippen LogP contribution in [0.1, 0.15) is 30.0 Å². The average Bonchev–Trinajstić information content (AvgIpc) is 3.14. The third kappa shape index (κ3) is 3.91. The summed E-state index contributed by atoms with van der Waals surface area (Å²) in [6.45, 7) is 9.84. The highest BCUT2D eigenvalue weighted by Gasteiger charge is 2.20. The normalized spacial score (nSPS) is 11.5. The lowest BCUT2D eigenvalue weighted by Gasteiger charge is -2.19. The van der Waals surface area contributed by atoms with Crippen molar-refractivity contribution in [1.82, 2.24) is 24.2 Å². The van der Waals surface area contributed by atoms with E-state index in [1.54, 1.807) is 4.68 Å². The number of anilines is 1. The molecule has 2 heterocycles. The van der Waals surface area contributed by atoms with Crippen LogP contribution in [-0.4, -0.2) is 49.8 Å². The Bertz CT molecular complexity index is 957. The third-order valence-corrected chi connectivity index (χ3v) is 5.84. The Morgan fingerprint density at radius 3 is 2.59 bits per heavy atom. The Morgan fingerprint density at radius 2 is 1.96 bits per heavy atom. The molecular formula is C19H25BrN6O. The number of hydrogen-bond donors (Lipinski definition) is 1. The molecule has 1 aromatic carbocycles. The van der Waals surface area contributed by atoms with Crippen LogP contribution >= 0.6 is 15.9 Å². The molecule has 0 fully saturated rings. The molecule has 3 aromatic rings. The van der Waals surface area contributed by atoms with Gasteiger partial charge < -0.3 is 9.47 Å². The largest absolute Gasteiger partial charge is 0.309 e. The number of hydrogen-bond acceptors (Lipinski definition) is 4. The zero-order chi connectivity index (χ0) is 19.6. The van der Waals surface area contributed by atoms with Crippen LogP contribution < -0.4 is 5.32 Å². The van der Waals surface area contributed by atoms with Gasteiger partial charge in [0.25, 0.3) is 5.91 Å². The predicted octanol–water partition coefficient (Wildman–Crippen LogP) is 3.43. The van der Waals surface area contributed by atoms with Crippen LogP contribution in [0.3, 0.4) is 0 Å². The molecule has 7 nitrogen and oxygen atoms in total. The van der Waals surface area contributed by atoms with E-state index in [4.69, 9.17) is 0 Å². The van der Waals surface area contributed by atoms with Crippen LogP contribution in [0, 0.1) is 6.92 Å². The molecule has 0 radical (unpaired) electrons. The molecule has 0 saturated heterocycles. The van der Waals surface area contributed by atoms with Gasteiger partial charge in [0, 0.05) is 20.1 Å². The third-order valence-electron chi connectivity index (χ3n) is 4.89. The van der Waals surface area contributed by atoms with Crippen molar-refractivity contribution in [3.8, 4) is 0 Å². The fourth-order valence-corrected chi connectivity index (χ4v) is 3.58. The number of aromatic nitrogens is 4. The Morgan fingerprint density at radius 1 is 1.26 bits per heavy atom. The number of likely N-dealkylation sites (N-methyl/N-ethyl adjacent to an activating group) is 1. The van der Waals surface area contributed by atoms with E-state index in [2.05, 4.69) is 54.6 Å². The van der Waals surface area contributed by atoms with Crippen molar-refractivity contribution in [2.24, 2.45) is 7.05 Å². The Hall–Kier alpha value is -2.19. The second kappa shape index (κ2) is 8.22. The van der Waals surface area contributed by atoms with E-state index >= 15 is 0 Å². The van der Waals surface area contributed by atoms with Crippen molar-refractivity contribution in [1.29, 1.82) is 0 Å². The highest BCUT2D eigenvalue weighted by Crippen LogP contribution is 2.23. The molecule has 0 atom stereocenters. The first-order chi connectivity index (χ1) is 13.0. The molecule has 27 heavy (non-hydrogen) atoms. The van der Waals surface area contributed by atoms with E-state index < -0.39 is 0 Å². The van der Waals surface area contributed by atoms with Crippen molar-refractivity contribution in [3.63, 3.8) is 0 Å². The zero-order valence-corrected chi connectivity index (χ0v) is 17.7. The summed E-state index contributed by atoms with van der Waals surface area (Å²) in [5.74, 6) is 0.272. The number of carbonyl (C=O) groups is 1. The summed E-state index contributed by atoms with van der Waals surface area (Å²) < 4.78 is 4.45. The average molecular weight is 433 g/mol.